The van der Waals surface area contributed by atoms with E-state index in [0.29, 0.717) is 36.9 Å². The summed E-state index contributed by atoms with van der Waals surface area (Å²) in [5.74, 6) is -0.812. The molecule has 0 aliphatic heterocycles. The Bertz CT molecular complexity index is 867. The molecule has 8 heteroatoms. The van der Waals surface area contributed by atoms with Crippen molar-refractivity contribution in [3.8, 4) is 17.2 Å². The number of rotatable bonds is 10. The molecule has 0 aromatic heterocycles. The lowest BCUT2D eigenvalue weighted by Crippen LogP contribution is -2.16. The molecule has 0 unspecified atom stereocenters. The first-order chi connectivity index (χ1) is 14.0. The average molecular weight is 399 g/mol. The van der Waals surface area contributed by atoms with Crippen molar-refractivity contribution in [2.24, 2.45) is 5.10 Å². The minimum absolute atomic E-state index is 0.0386. The number of hydrogen-bond acceptors (Lipinski definition) is 6. The van der Waals surface area contributed by atoms with Crippen molar-refractivity contribution < 1.29 is 24.9 Å². The molecule has 0 saturated carbocycles. The molecule has 0 bridgehead atoms. The van der Waals surface area contributed by atoms with Crippen LogP contribution in [0.1, 0.15) is 44.1 Å². The van der Waals surface area contributed by atoms with Gasteiger partial charge in [0.2, 0.25) is 11.8 Å². The lowest BCUT2D eigenvalue weighted by atomic mass is 10.1. The highest BCUT2D eigenvalue weighted by molar-refractivity contribution is 5.92. The van der Waals surface area contributed by atoms with Crippen LogP contribution in [-0.2, 0) is 9.59 Å². The lowest BCUT2D eigenvalue weighted by molar-refractivity contribution is -0.121. The SMILES string of the molecule is O=C(CCCCCCC(=O)Nc1ccccc1O)N/N=C/c1ccc(O)c(O)c1. The minimum atomic E-state index is -0.255. The summed E-state index contributed by atoms with van der Waals surface area (Å²) in [5.41, 5.74) is 3.35. The van der Waals surface area contributed by atoms with Gasteiger partial charge in [0, 0.05) is 12.8 Å². The number of phenolic OH excluding ortho intramolecular Hbond substituents is 3. The number of phenols is 3. The standard InChI is InChI=1S/C21H25N3O5/c25-17-8-6-5-7-16(17)23-20(28)9-3-1-2-4-10-21(29)24-22-14-15-11-12-18(26)19(27)13-15/h5-8,11-14,25-27H,1-4,9-10H2,(H,23,28)(H,24,29)/b22-14+. The van der Waals surface area contributed by atoms with Crippen LogP contribution in [0.3, 0.4) is 0 Å². The molecule has 2 amide bonds. The first-order valence-electron chi connectivity index (χ1n) is 9.37. The predicted molar refractivity (Wildman–Crippen MR) is 110 cm³/mol. The van der Waals surface area contributed by atoms with E-state index in [0.717, 1.165) is 12.8 Å². The molecule has 0 heterocycles. The highest BCUT2D eigenvalue weighted by Crippen LogP contribution is 2.24. The maximum absolute atomic E-state index is 11.8. The number of aromatic hydroxyl groups is 3. The van der Waals surface area contributed by atoms with Crippen LogP contribution >= 0.6 is 0 Å². The van der Waals surface area contributed by atoms with Gasteiger partial charge in [0.15, 0.2) is 11.5 Å². The molecule has 0 aliphatic rings. The summed E-state index contributed by atoms with van der Waals surface area (Å²) in [7, 11) is 0. The van der Waals surface area contributed by atoms with Gasteiger partial charge in [-0.05, 0) is 48.7 Å². The predicted octanol–water partition coefficient (Wildman–Crippen LogP) is 3.23. The van der Waals surface area contributed by atoms with E-state index in [2.05, 4.69) is 15.8 Å². The fourth-order valence-corrected chi connectivity index (χ4v) is 2.57. The Hall–Kier alpha value is -3.55. The number of amides is 2. The number of hydrazone groups is 1. The molecular weight excluding hydrogens is 374 g/mol. The van der Waals surface area contributed by atoms with E-state index >= 15 is 0 Å². The Balaban J connectivity index is 1.55. The zero-order valence-electron chi connectivity index (χ0n) is 16.0. The molecule has 154 valence electrons. The van der Waals surface area contributed by atoms with Gasteiger partial charge in [0.1, 0.15) is 5.75 Å². The molecule has 29 heavy (non-hydrogen) atoms. The molecule has 0 aliphatic carbocycles. The van der Waals surface area contributed by atoms with Crippen molar-refractivity contribution in [1.29, 1.82) is 0 Å². The van der Waals surface area contributed by atoms with Crippen molar-refractivity contribution in [2.75, 3.05) is 5.32 Å². The molecule has 0 atom stereocenters. The third-order valence-electron chi connectivity index (χ3n) is 4.14. The summed E-state index contributed by atoms with van der Waals surface area (Å²) in [6.45, 7) is 0. The van der Waals surface area contributed by atoms with Gasteiger partial charge in [-0.15, -0.1) is 0 Å². The van der Waals surface area contributed by atoms with E-state index in [1.165, 1.54) is 24.4 Å². The van der Waals surface area contributed by atoms with E-state index in [9.17, 15) is 24.9 Å². The normalized spacial score (nSPS) is 10.8. The van der Waals surface area contributed by atoms with Gasteiger partial charge < -0.3 is 20.6 Å². The topological polar surface area (TPSA) is 131 Å². The summed E-state index contributed by atoms with van der Waals surface area (Å²) in [4.78, 5) is 23.6. The Morgan fingerprint density at radius 2 is 1.52 bits per heavy atom. The summed E-state index contributed by atoms with van der Waals surface area (Å²) < 4.78 is 0. The summed E-state index contributed by atoms with van der Waals surface area (Å²) in [6.07, 6.45) is 5.06. The van der Waals surface area contributed by atoms with Gasteiger partial charge in [-0.25, -0.2) is 5.43 Å². The van der Waals surface area contributed by atoms with Gasteiger partial charge in [-0.2, -0.15) is 5.10 Å². The van der Waals surface area contributed by atoms with E-state index in [1.807, 2.05) is 0 Å². The second kappa shape index (κ2) is 11.3. The summed E-state index contributed by atoms with van der Waals surface area (Å²) in [6, 6.07) is 10.8. The maximum atomic E-state index is 11.8. The fourth-order valence-electron chi connectivity index (χ4n) is 2.57. The second-order valence-electron chi connectivity index (χ2n) is 6.52. The summed E-state index contributed by atoms with van der Waals surface area (Å²) in [5, 5.41) is 34.7. The van der Waals surface area contributed by atoms with Crippen molar-refractivity contribution in [3.63, 3.8) is 0 Å². The van der Waals surface area contributed by atoms with Crippen LogP contribution in [0.2, 0.25) is 0 Å². The molecule has 5 N–H and O–H groups in total. The number of hydrogen-bond donors (Lipinski definition) is 5. The van der Waals surface area contributed by atoms with Gasteiger partial charge in [0.05, 0.1) is 11.9 Å². The molecule has 2 aromatic carbocycles. The number of unbranched alkanes of at least 4 members (excludes halogenated alkanes) is 3. The van der Waals surface area contributed by atoms with Crippen LogP contribution in [-0.4, -0.2) is 33.3 Å². The van der Waals surface area contributed by atoms with Crippen LogP contribution in [0.5, 0.6) is 17.2 Å². The summed E-state index contributed by atoms with van der Waals surface area (Å²) >= 11 is 0. The Morgan fingerprint density at radius 1 is 0.828 bits per heavy atom. The quantitative estimate of drug-likeness (QED) is 0.181. The number of para-hydroxylation sites is 2. The van der Waals surface area contributed by atoms with Crippen LogP contribution < -0.4 is 10.7 Å². The van der Waals surface area contributed by atoms with Crippen molar-refractivity contribution in [1.82, 2.24) is 5.43 Å². The smallest absolute Gasteiger partial charge is 0.240 e. The number of anilines is 1. The van der Waals surface area contributed by atoms with Crippen molar-refractivity contribution in [3.05, 3.63) is 48.0 Å². The number of nitrogens with zero attached hydrogens (tertiary/aromatic N) is 1. The van der Waals surface area contributed by atoms with Crippen molar-refractivity contribution in [2.45, 2.75) is 38.5 Å². The molecule has 0 saturated heterocycles. The Kier molecular flexibility index (Phi) is 8.50. The molecule has 0 fully saturated rings. The molecule has 2 aromatic rings. The van der Waals surface area contributed by atoms with Gasteiger partial charge in [0.25, 0.3) is 0 Å². The monoisotopic (exact) mass is 399 g/mol. The van der Waals surface area contributed by atoms with Crippen LogP contribution in [0.15, 0.2) is 47.6 Å². The Labute approximate surface area is 168 Å². The Morgan fingerprint density at radius 3 is 2.21 bits per heavy atom. The highest BCUT2D eigenvalue weighted by atomic mass is 16.3. The number of carbonyl (C=O) groups is 2. The minimum Gasteiger partial charge on any atom is -0.506 e. The zero-order valence-corrected chi connectivity index (χ0v) is 16.0. The zero-order chi connectivity index (χ0) is 21.1. The van der Waals surface area contributed by atoms with Crippen LogP contribution in [0, 0.1) is 0 Å². The first-order valence-corrected chi connectivity index (χ1v) is 9.37. The van der Waals surface area contributed by atoms with E-state index in [1.54, 1.807) is 24.3 Å². The van der Waals surface area contributed by atoms with Gasteiger partial charge in [-0.3, -0.25) is 9.59 Å². The molecule has 0 spiro atoms. The fraction of sp³-hybridized carbons (Fsp3) is 0.286. The molecule has 2 rings (SSSR count). The number of carbonyl (C=O) groups excluding carboxylic acids is 2. The van der Waals surface area contributed by atoms with Gasteiger partial charge >= 0.3 is 0 Å². The van der Waals surface area contributed by atoms with Crippen LogP contribution in [0.4, 0.5) is 5.69 Å². The molecule has 8 nitrogen and oxygen atoms in total. The van der Waals surface area contributed by atoms with Crippen molar-refractivity contribution >= 4 is 23.7 Å². The number of benzene rings is 2. The average Bonchev–Trinajstić information content (AvgIpc) is 2.69. The largest absolute Gasteiger partial charge is 0.506 e. The van der Waals surface area contributed by atoms with Gasteiger partial charge in [-0.1, -0.05) is 25.0 Å². The highest BCUT2D eigenvalue weighted by Gasteiger charge is 2.06. The molecular formula is C21H25N3O5. The first kappa shape index (κ1) is 21.7. The molecule has 0 radical (unpaired) electrons. The third-order valence-corrected chi connectivity index (χ3v) is 4.14. The maximum Gasteiger partial charge on any atom is 0.240 e. The van der Waals surface area contributed by atoms with E-state index < -0.39 is 0 Å². The number of nitrogens with one attached hydrogen (secondary N) is 2. The van der Waals surface area contributed by atoms with E-state index in [4.69, 9.17) is 0 Å². The third kappa shape index (κ3) is 7.92. The van der Waals surface area contributed by atoms with E-state index in [-0.39, 0.29) is 29.1 Å². The lowest BCUT2D eigenvalue weighted by Gasteiger charge is -2.06. The second-order valence-corrected chi connectivity index (χ2v) is 6.52. The van der Waals surface area contributed by atoms with Crippen LogP contribution in [0.25, 0.3) is 0 Å².